The molecule has 0 fully saturated rings. The normalized spacial score (nSPS) is 14.7. The summed E-state index contributed by atoms with van der Waals surface area (Å²) < 4.78 is 20.0. The van der Waals surface area contributed by atoms with Gasteiger partial charge in [0.1, 0.15) is 41.2 Å². The van der Waals surface area contributed by atoms with Crippen molar-refractivity contribution in [3.8, 4) is 22.9 Å². The highest BCUT2D eigenvalue weighted by Crippen LogP contribution is 2.41. The Morgan fingerprint density at radius 3 is 2.64 bits per heavy atom. The first-order valence-electron chi connectivity index (χ1n) is 11.6. The summed E-state index contributed by atoms with van der Waals surface area (Å²) in [6, 6.07) is 23.0. The van der Waals surface area contributed by atoms with Crippen molar-refractivity contribution in [2.75, 3.05) is 5.73 Å². The number of hydrogen-bond donors (Lipinski definition) is 1. The quantitative estimate of drug-likeness (QED) is 0.283. The number of benzene rings is 3. The summed E-state index contributed by atoms with van der Waals surface area (Å²) in [5.74, 6) is 2.53. The van der Waals surface area contributed by atoms with Gasteiger partial charge in [0, 0.05) is 22.3 Å². The van der Waals surface area contributed by atoms with Crippen molar-refractivity contribution in [1.82, 2.24) is 14.5 Å². The smallest absolute Gasteiger partial charge is 0.151 e. The molecule has 0 saturated heterocycles. The molecule has 7 nitrogen and oxygen atoms in total. The molecule has 2 N–H and O–H groups in total. The maximum Gasteiger partial charge on any atom is 0.151 e. The van der Waals surface area contributed by atoms with Crippen molar-refractivity contribution in [3.05, 3.63) is 101 Å². The Bertz CT molecular complexity index is 1570. The molecule has 0 spiro atoms. The average molecular weight is 499 g/mol. The largest absolute Gasteiger partial charge is 0.489 e. The Balaban J connectivity index is 1.23. The van der Waals surface area contributed by atoms with E-state index < -0.39 is 0 Å². The van der Waals surface area contributed by atoms with Gasteiger partial charge in [0.2, 0.25) is 0 Å². The van der Waals surface area contributed by atoms with Crippen LogP contribution in [0.25, 0.3) is 16.7 Å². The van der Waals surface area contributed by atoms with Crippen molar-refractivity contribution in [3.63, 3.8) is 0 Å². The van der Waals surface area contributed by atoms with Crippen LogP contribution in [0.4, 0.5) is 5.82 Å². The number of fused-ring (bicyclic) bond motifs is 3. The number of ether oxygens (including phenoxy) is 3. The summed E-state index contributed by atoms with van der Waals surface area (Å²) in [5.41, 5.74) is 11.9. The molecule has 6 rings (SSSR count). The van der Waals surface area contributed by atoms with Gasteiger partial charge in [-0.05, 0) is 61.0 Å². The number of halogens is 1. The molecule has 1 aliphatic heterocycles. The predicted molar refractivity (Wildman–Crippen MR) is 139 cm³/mol. The summed E-state index contributed by atoms with van der Waals surface area (Å²) in [4.78, 5) is 8.71. The highest BCUT2D eigenvalue weighted by Gasteiger charge is 2.30. The third-order valence-corrected chi connectivity index (χ3v) is 6.45. The van der Waals surface area contributed by atoms with Crippen LogP contribution in [0, 0.1) is 0 Å². The summed E-state index contributed by atoms with van der Waals surface area (Å²) in [7, 11) is 0. The van der Waals surface area contributed by atoms with Crippen LogP contribution in [0.15, 0.2) is 79.1 Å². The fourth-order valence-corrected chi connectivity index (χ4v) is 4.78. The standard InChI is InChI=1S/C28H23ClN4O3/c1-17-25-24(15-34-17)33(27-26(25)31-16-32-28(27)30)20-8-10-21(11-9-20)36-23-7-3-6-22(13-23)35-14-18-4-2-5-19(29)12-18/h2-13,16-17H,14-15H2,1H3,(H2,30,31,32). The van der Waals surface area contributed by atoms with Gasteiger partial charge in [0.25, 0.3) is 0 Å². The highest BCUT2D eigenvalue weighted by atomic mass is 35.5. The Kier molecular flexibility index (Phi) is 5.71. The van der Waals surface area contributed by atoms with E-state index in [2.05, 4.69) is 14.5 Å². The molecule has 0 amide bonds. The fourth-order valence-electron chi connectivity index (χ4n) is 4.56. The number of aromatic nitrogens is 3. The maximum absolute atomic E-state index is 6.26. The molecule has 1 unspecified atom stereocenters. The van der Waals surface area contributed by atoms with Gasteiger partial charge in [-0.1, -0.05) is 29.8 Å². The molecular weight excluding hydrogens is 476 g/mol. The Labute approximate surface area is 213 Å². The van der Waals surface area contributed by atoms with Gasteiger partial charge in [-0.25, -0.2) is 9.97 Å². The number of nitrogen functional groups attached to an aromatic ring is 1. The van der Waals surface area contributed by atoms with Crippen LogP contribution in [0.3, 0.4) is 0 Å². The first-order valence-corrected chi connectivity index (χ1v) is 12.0. The van der Waals surface area contributed by atoms with Crippen LogP contribution < -0.4 is 15.2 Å². The van der Waals surface area contributed by atoms with Crippen LogP contribution in [-0.2, 0) is 18.0 Å². The molecule has 1 aliphatic rings. The number of nitrogens with zero attached hydrogens (tertiary/aromatic N) is 3. The lowest BCUT2D eigenvalue weighted by molar-refractivity contribution is 0.0783. The van der Waals surface area contributed by atoms with Gasteiger partial charge in [0.05, 0.1) is 18.4 Å². The first-order chi connectivity index (χ1) is 17.6. The van der Waals surface area contributed by atoms with E-state index in [1.54, 1.807) is 0 Å². The minimum absolute atomic E-state index is 0.0472. The molecule has 3 heterocycles. The lowest BCUT2D eigenvalue weighted by atomic mass is 10.1. The second-order valence-electron chi connectivity index (χ2n) is 8.59. The second-order valence-corrected chi connectivity index (χ2v) is 9.03. The van der Waals surface area contributed by atoms with E-state index in [1.807, 2.05) is 79.7 Å². The van der Waals surface area contributed by atoms with Crippen molar-refractivity contribution in [2.24, 2.45) is 0 Å². The van der Waals surface area contributed by atoms with Crippen LogP contribution >= 0.6 is 11.6 Å². The van der Waals surface area contributed by atoms with Gasteiger partial charge >= 0.3 is 0 Å². The number of hydrogen-bond acceptors (Lipinski definition) is 6. The van der Waals surface area contributed by atoms with Gasteiger partial charge in [-0.3, -0.25) is 0 Å². The molecule has 0 aliphatic carbocycles. The molecule has 1 atom stereocenters. The summed E-state index contributed by atoms with van der Waals surface area (Å²) in [5, 5.41) is 0.687. The van der Waals surface area contributed by atoms with Gasteiger partial charge < -0.3 is 24.5 Å². The predicted octanol–water partition coefficient (Wildman–Crippen LogP) is 6.62. The van der Waals surface area contributed by atoms with E-state index >= 15 is 0 Å². The minimum atomic E-state index is -0.0472. The van der Waals surface area contributed by atoms with Gasteiger partial charge in [-0.2, -0.15) is 0 Å². The maximum atomic E-state index is 6.26. The zero-order valence-electron chi connectivity index (χ0n) is 19.5. The number of rotatable bonds is 6. The van der Waals surface area contributed by atoms with Crippen LogP contribution in [0.1, 0.15) is 29.8 Å². The third kappa shape index (κ3) is 4.12. The van der Waals surface area contributed by atoms with Crippen molar-refractivity contribution in [2.45, 2.75) is 26.2 Å². The Morgan fingerprint density at radius 2 is 1.81 bits per heavy atom. The van der Waals surface area contributed by atoms with E-state index in [0.717, 1.165) is 33.5 Å². The van der Waals surface area contributed by atoms with Crippen molar-refractivity contribution in [1.29, 1.82) is 0 Å². The van der Waals surface area contributed by atoms with Gasteiger partial charge in [-0.15, -0.1) is 0 Å². The molecule has 36 heavy (non-hydrogen) atoms. The molecule has 0 bridgehead atoms. The summed E-state index contributed by atoms with van der Waals surface area (Å²) in [6.45, 7) is 2.94. The number of anilines is 1. The zero-order chi connectivity index (χ0) is 24.6. The lowest BCUT2D eigenvalue weighted by Gasteiger charge is -2.12. The Hall–Kier alpha value is -4.07. The SMILES string of the molecule is CC1OCc2c1c1ncnc(N)c1n2-c1ccc(Oc2cccc(OCc3cccc(Cl)c3)c2)cc1. The molecule has 3 aromatic carbocycles. The van der Waals surface area contributed by atoms with E-state index in [4.69, 9.17) is 31.5 Å². The molecule has 0 radical (unpaired) electrons. The molecule has 5 aromatic rings. The highest BCUT2D eigenvalue weighted by molar-refractivity contribution is 6.30. The summed E-state index contributed by atoms with van der Waals surface area (Å²) in [6.07, 6.45) is 1.45. The molecular formula is C28H23ClN4O3. The molecule has 2 aromatic heterocycles. The first kappa shape index (κ1) is 22.4. The van der Waals surface area contributed by atoms with E-state index in [1.165, 1.54) is 6.33 Å². The van der Waals surface area contributed by atoms with Crippen LogP contribution in [0.5, 0.6) is 17.2 Å². The molecule has 8 heteroatoms. The monoisotopic (exact) mass is 498 g/mol. The second kappa shape index (κ2) is 9.18. The topological polar surface area (TPSA) is 84.4 Å². The van der Waals surface area contributed by atoms with Crippen LogP contribution in [0.2, 0.25) is 5.02 Å². The lowest BCUT2D eigenvalue weighted by Crippen LogP contribution is -2.03. The molecule has 180 valence electrons. The Morgan fingerprint density at radius 1 is 1.00 bits per heavy atom. The summed E-state index contributed by atoms with van der Waals surface area (Å²) >= 11 is 6.06. The fraction of sp³-hybridized carbons (Fsp3) is 0.143. The van der Waals surface area contributed by atoms with Gasteiger partial charge in [0.15, 0.2) is 5.82 Å². The van der Waals surface area contributed by atoms with E-state index in [-0.39, 0.29) is 6.10 Å². The molecule has 0 saturated carbocycles. The van der Waals surface area contributed by atoms with E-state index in [9.17, 15) is 0 Å². The van der Waals surface area contributed by atoms with E-state index in [0.29, 0.717) is 41.3 Å². The minimum Gasteiger partial charge on any atom is -0.489 e. The van der Waals surface area contributed by atoms with Crippen molar-refractivity contribution < 1.29 is 14.2 Å². The van der Waals surface area contributed by atoms with Crippen molar-refractivity contribution >= 4 is 28.5 Å². The number of nitrogens with two attached hydrogens (primary N) is 1. The zero-order valence-corrected chi connectivity index (χ0v) is 20.3. The average Bonchev–Trinajstić information content (AvgIpc) is 3.42. The third-order valence-electron chi connectivity index (χ3n) is 6.22. The van der Waals surface area contributed by atoms with Crippen LogP contribution in [-0.4, -0.2) is 14.5 Å².